The molecule has 1 heterocycles. The van der Waals surface area contributed by atoms with Gasteiger partial charge in [-0.1, -0.05) is 30.3 Å². The Kier molecular flexibility index (Phi) is 9.81. The highest BCUT2D eigenvalue weighted by atomic mass is 32.2. The fraction of sp³-hybridized carbons (Fsp3) is 0.0278. The molecule has 57 heavy (non-hydrogen) atoms. The number of nitrogen functional groups attached to an aromatic ring is 2. The Morgan fingerprint density at radius 1 is 0.596 bits per heavy atom. The molecule has 0 bridgehead atoms. The van der Waals surface area contributed by atoms with Gasteiger partial charge in [-0.15, -0.1) is 15.3 Å². The first-order chi connectivity index (χ1) is 27.0. The summed E-state index contributed by atoms with van der Waals surface area (Å²) in [6.07, 6.45) is 0. The van der Waals surface area contributed by atoms with Crippen molar-refractivity contribution in [3.8, 4) is 11.5 Å². The Bertz CT molecular complexity index is 3050. The number of fused-ring (bicyclic) bond motifs is 2. The number of nitrogens with two attached hydrogens (primary N) is 2. The van der Waals surface area contributed by atoms with Gasteiger partial charge in [-0.05, 0) is 78.4 Å². The van der Waals surface area contributed by atoms with Gasteiger partial charge in [0.25, 0.3) is 20.2 Å². The molecule has 0 aliphatic carbocycles. The van der Waals surface area contributed by atoms with Gasteiger partial charge < -0.3 is 32.3 Å². The lowest BCUT2D eigenvalue weighted by Crippen LogP contribution is -2.06. The summed E-state index contributed by atoms with van der Waals surface area (Å²) in [5.41, 5.74) is 13.6. The second-order valence-corrected chi connectivity index (χ2v) is 15.1. The monoisotopic (exact) mass is 807 g/mol. The molecule has 0 fully saturated rings. The maximum atomic E-state index is 12.3. The van der Waals surface area contributed by atoms with Crippen LogP contribution in [0.4, 0.5) is 57.4 Å². The molecule has 7 rings (SSSR count). The number of nitrogens with zero attached hydrogens (tertiary/aromatic N) is 7. The van der Waals surface area contributed by atoms with Crippen LogP contribution in [-0.4, -0.2) is 51.1 Å². The van der Waals surface area contributed by atoms with Crippen molar-refractivity contribution in [1.29, 1.82) is 0 Å². The second kappa shape index (κ2) is 14.7. The molecule has 0 unspecified atom stereocenters. The molecular formula is C36H29N11O8S2. The standard InChI is InChI=1S/C36H29N11O8S2/c1-18-39-35(41-21-5-3-6-23(15-21)44-46-33-25(37)11-8-19-4-2-7-28(48)31(19)33)43-36(40-18)42-22-10-13-30(57(53,54)55)27(16-22)45-47-34-26(38)12-9-20-14-24(56(50,51)52)17-29(49)32(20)34/h2-17,48-49H,37-38H2,1H3,(H,50,51,52)(H,53,54,55)(H2,39,40,41,42,43). The normalized spacial score (nSPS) is 12.2. The fourth-order valence-electron chi connectivity index (χ4n) is 5.74. The van der Waals surface area contributed by atoms with E-state index in [1.165, 1.54) is 30.3 Å². The first-order valence-electron chi connectivity index (χ1n) is 16.4. The molecule has 0 saturated carbocycles. The first kappa shape index (κ1) is 38.0. The zero-order valence-corrected chi connectivity index (χ0v) is 30.9. The van der Waals surface area contributed by atoms with E-state index in [1.54, 1.807) is 49.4 Å². The number of azo groups is 2. The Hall–Kier alpha value is -7.33. The van der Waals surface area contributed by atoms with Gasteiger partial charge in [-0.3, -0.25) is 9.11 Å². The van der Waals surface area contributed by atoms with Crippen molar-refractivity contribution in [1.82, 2.24) is 15.0 Å². The number of aromatic hydroxyl groups is 2. The van der Waals surface area contributed by atoms with Crippen LogP contribution in [0.15, 0.2) is 127 Å². The van der Waals surface area contributed by atoms with E-state index < -0.39 is 35.8 Å². The van der Waals surface area contributed by atoms with Gasteiger partial charge in [0.15, 0.2) is 0 Å². The number of hydrogen-bond donors (Lipinski definition) is 8. The smallest absolute Gasteiger partial charge is 0.296 e. The summed E-state index contributed by atoms with van der Waals surface area (Å²) >= 11 is 0. The van der Waals surface area contributed by atoms with Gasteiger partial charge in [0.05, 0.1) is 32.7 Å². The molecule has 0 saturated heterocycles. The van der Waals surface area contributed by atoms with Gasteiger partial charge in [0.1, 0.15) is 39.3 Å². The number of phenols is 2. The third kappa shape index (κ3) is 8.20. The molecule has 1 aromatic heterocycles. The van der Waals surface area contributed by atoms with E-state index >= 15 is 0 Å². The van der Waals surface area contributed by atoms with Gasteiger partial charge in [0.2, 0.25) is 11.9 Å². The average molecular weight is 808 g/mol. The highest BCUT2D eigenvalue weighted by Gasteiger charge is 2.20. The van der Waals surface area contributed by atoms with Crippen molar-refractivity contribution < 1.29 is 36.2 Å². The number of phenolic OH excluding ortho intramolecular Hbond substituents is 2. The third-order valence-electron chi connectivity index (χ3n) is 8.27. The fourth-order valence-corrected chi connectivity index (χ4v) is 6.88. The zero-order chi connectivity index (χ0) is 40.6. The molecule has 21 heteroatoms. The Balaban J connectivity index is 1.16. The van der Waals surface area contributed by atoms with Crippen molar-refractivity contribution >= 4 is 99.2 Å². The summed E-state index contributed by atoms with van der Waals surface area (Å²) in [5.74, 6) is -0.130. The first-order valence-corrected chi connectivity index (χ1v) is 19.3. The molecule has 0 atom stereocenters. The van der Waals surface area contributed by atoms with Crippen molar-refractivity contribution in [3.05, 3.63) is 103 Å². The number of aryl methyl sites for hydroxylation is 1. The molecule has 0 radical (unpaired) electrons. The maximum absolute atomic E-state index is 12.3. The van der Waals surface area contributed by atoms with Gasteiger partial charge in [-0.2, -0.15) is 36.9 Å². The lowest BCUT2D eigenvalue weighted by Gasteiger charge is -2.11. The summed E-state index contributed by atoms with van der Waals surface area (Å²) in [7, 11) is -9.51. The largest absolute Gasteiger partial charge is 0.507 e. The third-order valence-corrected chi connectivity index (χ3v) is 10.00. The van der Waals surface area contributed by atoms with E-state index in [-0.39, 0.29) is 51.2 Å². The van der Waals surface area contributed by atoms with Crippen LogP contribution in [0.2, 0.25) is 0 Å². The molecule has 0 amide bonds. The van der Waals surface area contributed by atoms with E-state index in [2.05, 4.69) is 46.0 Å². The molecule has 10 N–H and O–H groups in total. The molecule has 6 aromatic carbocycles. The van der Waals surface area contributed by atoms with Gasteiger partial charge in [-0.25, -0.2) is 0 Å². The Labute approximate surface area is 323 Å². The summed E-state index contributed by atoms with van der Waals surface area (Å²) < 4.78 is 67.4. The number of aromatic nitrogens is 3. The SMILES string of the molecule is Cc1nc(Nc2cccc(N=Nc3c(N)ccc4cccc(O)c34)c2)nc(Nc2ccc(S(=O)(=O)O)c(N=Nc3c(N)ccc4cc(S(=O)(=O)O)cc(O)c34)c2)n1. The highest BCUT2D eigenvalue weighted by Crippen LogP contribution is 2.42. The quantitative estimate of drug-likeness (QED) is 0.0370. The predicted octanol–water partition coefficient (Wildman–Crippen LogP) is 7.87. The minimum atomic E-state index is -4.84. The van der Waals surface area contributed by atoms with Gasteiger partial charge >= 0.3 is 0 Å². The van der Waals surface area contributed by atoms with Crippen LogP contribution in [-0.2, 0) is 20.2 Å². The zero-order valence-electron chi connectivity index (χ0n) is 29.3. The molecule has 19 nitrogen and oxygen atoms in total. The van der Waals surface area contributed by atoms with Crippen LogP contribution < -0.4 is 22.1 Å². The molecule has 0 aliphatic rings. The summed E-state index contributed by atoms with van der Waals surface area (Å²) in [6.45, 7) is 1.62. The van der Waals surface area contributed by atoms with Crippen LogP contribution in [0.1, 0.15) is 5.82 Å². The number of benzene rings is 6. The highest BCUT2D eigenvalue weighted by molar-refractivity contribution is 7.86. The second-order valence-electron chi connectivity index (χ2n) is 12.3. The molecule has 288 valence electrons. The molecular weight excluding hydrogens is 779 g/mol. The molecule has 7 aromatic rings. The van der Waals surface area contributed by atoms with E-state index in [9.17, 15) is 36.2 Å². The Morgan fingerprint density at radius 2 is 1.21 bits per heavy atom. The van der Waals surface area contributed by atoms with Crippen molar-refractivity contribution in [2.75, 3.05) is 22.1 Å². The Morgan fingerprint density at radius 3 is 1.88 bits per heavy atom. The minimum Gasteiger partial charge on any atom is -0.507 e. The van der Waals surface area contributed by atoms with E-state index in [0.717, 1.165) is 23.6 Å². The van der Waals surface area contributed by atoms with Crippen LogP contribution in [0.25, 0.3) is 21.5 Å². The van der Waals surface area contributed by atoms with E-state index in [1.807, 2.05) is 6.07 Å². The minimum absolute atomic E-state index is 0.0159. The van der Waals surface area contributed by atoms with Crippen LogP contribution in [0.5, 0.6) is 11.5 Å². The maximum Gasteiger partial charge on any atom is 0.296 e. The summed E-state index contributed by atoms with van der Waals surface area (Å²) in [5, 5.41) is 45.1. The molecule has 0 aliphatic heterocycles. The molecule has 0 spiro atoms. The summed E-state index contributed by atoms with van der Waals surface area (Å²) in [6, 6.07) is 23.6. The van der Waals surface area contributed by atoms with E-state index in [0.29, 0.717) is 34.0 Å². The topological polar surface area (TPSA) is 313 Å². The van der Waals surface area contributed by atoms with Gasteiger partial charge in [0, 0.05) is 17.4 Å². The average Bonchev–Trinajstić information content (AvgIpc) is 3.13. The van der Waals surface area contributed by atoms with E-state index in [4.69, 9.17) is 11.5 Å². The van der Waals surface area contributed by atoms with Crippen molar-refractivity contribution in [2.45, 2.75) is 16.7 Å². The predicted molar refractivity (Wildman–Crippen MR) is 212 cm³/mol. The number of hydrogen-bond acceptors (Lipinski definition) is 17. The van der Waals surface area contributed by atoms with Crippen LogP contribution in [0, 0.1) is 6.92 Å². The lowest BCUT2D eigenvalue weighted by atomic mass is 10.1. The number of rotatable bonds is 10. The number of nitrogens with one attached hydrogen (secondary N) is 2. The lowest BCUT2D eigenvalue weighted by molar-refractivity contribution is 0.471. The van der Waals surface area contributed by atoms with Crippen molar-refractivity contribution in [3.63, 3.8) is 0 Å². The summed E-state index contributed by atoms with van der Waals surface area (Å²) in [4.78, 5) is 11.8. The van der Waals surface area contributed by atoms with Crippen LogP contribution in [0.3, 0.4) is 0 Å². The van der Waals surface area contributed by atoms with Crippen LogP contribution >= 0.6 is 0 Å². The number of anilines is 6. The van der Waals surface area contributed by atoms with Crippen molar-refractivity contribution in [2.24, 2.45) is 20.5 Å².